The van der Waals surface area contributed by atoms with E-state index in [1.807, 2.05) is 0 Å². The van der Waals surface area contributed by atoms with E-state index in [0.29, 0.717) is 10.0 Å². The second-order valence-electron chi connectivity index (χ2n) is 3.86. The molecule has 0 radical (unpaired) electrons. The van der Waals surface area contributed by atoms with Crippen molar-refractivity contribution in [3.8, 4) is 0 Å². The topological polar surface area (TPSA) is 72.2 Å². The van der Waals surface area contributed by atoms with Crippen LogP contribution < -0.4 is 5.32 Å². The third-order valence-corrected chi connectivity index (χ3v) is 3.22. The summed E-state index contributed by atoms with van der Waals surface area (Å²) in [5, 5.41) is 13.0. The molecule has 2 aromatic rings. The Bertz CT molecular complexity index is 691. The molecule has 0 aromatic heterocycles. The largest absolute Gasteiger partial charge is 0.319 e. The van der Waals surface area contributed by atoms with Crippen LogP contribution in [0.15, 0.2) is 46.9 Å². The van der Waals surface area contributed by atoms with Crippen molar-refractivity contribution in [1.82, 2.24) is 0 Å². The molecule has 0 aliphatic heterocycles. The van der Waals surface area contributed by atoms with Crippen molar-refractivity contribution in [1.29, 1.82) is 0 Å². The fraction of sp³-hybridized carbons (Fsp3) is 0. The summed E-state index contributed by atoms with van der Waals surface area (Å²) < 4.78 is 14.1. The normalized spacial score (nSPS) is 10.1. The maximum Gasteiger partial charge on any atom is 0.271 e. The van der Waals surface area contributed by atoms with E-state index < -0.39 is 16.6 Å². The molecule has 102 valence electrons. The third-order valence-electron chi connectivity index (χ3n) is 2.53. The lowest BCUT2D eigenvalue weighted by atomic mass is 10.2. The van der Waals surface area contributed by atoms with Crippen molar-refractivity contribution in [2.24, 2.45) is 0 Å². The van der Waals surface area contributed by atoms with Gasteiger partial charge in [0, 0.05) is 16.6 Å². The molecular weight excluding hydrogens is 331 g/mol. The lowest BCUT2D eigenvalue weighted by molar-refractivity contribution is -0.384. The smallest absolute Gasteiger partial charge is 0.271 e. The highest BCUT2D eigenvalue weighted by Gasteiger charge is 2.15. The van der Waals surface area contributed by atoms with Gasteiger partial charge in [-0.3, -0.25) is 14.9 Å². The highest BCUT2D eigenvalue weighted by molar-refractivity contribution is 9.10. The van der Waals surface area contributed by atoms with Gasteiger partial charge in [-0.15, -0.1) is 0 Å². The van der Waals surface area contributed by atoms with Gasteiger partial charge in [0.2, 0.25) is 0 Å². The molecule has 2 aromatic carbocycles. The molecule has 0 aliphatic rings. The second-order valence-corrected chi connectivity index (χ2v) is 4.71. The Balaban J connectivity index is 2.30. The summed E-state index contributed by atoms with van der Waals surface area (Å²) in [5.41, 5.74) is -0.229. The fourth-order valence-electron chi connectivity index (χ4n) is 1.56. The summed E-state index contributed by atoms with van der Waals surface area (Å²) in [7, 11) is 0. The highest BCUT2D eigenvalue weighted by atomic mass is 79.9. The number of rotatable bonds is 3. The van der Waals surface area contributed by atoms with Crippen LogP contribution in [0.2, 0.25) is 0 Å². The van der Waals surface area contributed by atoms with Crippen LogP contribution in [0.1, 0.15) is 10.4 Å². The number of non-ortho nitro benzene ring substituents is 1. The van der Waals surface area contributed by atoms with E-state index in [1.165, 1.54) is 0 Å². The molecule has 0 unspecified atom stereocenters. The summed E-state index contributed by atoms with van der Waals surface area (Å²) in [6.45, 7) is 0. The molecular formula is C13H8BrFN2O3. The van der Waals surface area contributed by atoms with Gasteiger partial charge in [-0.2, -0.15) is 0 Å². The summed E-state index contributed by atoms with van der Waals surface area (Å²) in [6, 6.07) is 9.55. The first-order chi connectivity index (χ1) is 9.49. The Kier molecular flexibility index (Phi) is 4.09. The number of nitro groups is 1. The number of anilines is 1. The lowest BCUT2D eigenvalue weighted by Gasteiger charge is -2.07. The molecule has 2 rings (SSSR count). The number of nitro benzene ring substituents is 1. The number of halogens is 2. The van der Waals surface area contributed by atoms with Gasteiger partial charge in [0.1, 0.15) is 5.82 Å². The SMILES string of the molecule is O=C(Nc1cc([N+](=O)[O-])ccc1F)c1ccccc1Br. The van der Waals surface area contributed by atoms with Crippen LogP contribution in [-0.4, -0.2) is 10.8 Å². The number of hydrogen-bond donors (Lipinski definition) is 1. The molecule has 7 heteroatoms. The number of nitrogens with one attached hydrogen (secondary N) is 1. The van der Waals surface area contributed by atoms with E-state index in [1.54, 1.807) is 24.3 Å². The average Bonchev–Trinajstić information content (AvgIpc) is 2.41. The molecule has 1 amide bonds. The Hall–Kier alpha value is -2.28. The van der Waals surface area contributed by atoms with Gasteiger partial charge in [0.25, 0.3) is 11.6 Å². The van der Waals surface area contributed by atoms with Gasteiger partial charge < -0.3 is 5.32 Å². The molecule has 0 bridgehead atoms. The zero-order chi connectivity index (χ0) is 14.7. The van der Waals surface area contributed by atoms with Gasteiger partial charge >= 0.3 is 0 Å². The number of benzene rings is 2. The quantitative estimate of drug-likeness (QED) is 0.684. The van der Waals surface area contributed by atoms with Crippen LogP contribution in [0.5, 0.6) is 0 Å². The monoisotopic (exact) mass is 338 g/mol. The Morgan fingerprint density at radius 2 is 1.95 bits per heavy atom. The molecule has 0 spiro atoms. The summed E-state index contributed by atoms with van der Waals surface area (Å²) in [5.74, 6) is -1.30. The molecule has 0 heterocycles. The van der Waals surface area contributed by atoms with Crippen LogP contribution in [0.25, 0.3) is 0 Å². The van der Waals surface area contributed by atoms with Gasteiger partial charge in [0.05, 0.1) is 16.2 Å². The highest BCUT2D eigenvalue weighted by Crippen LogP contribution is 2.23. The van der Waals surface area contributed by atoms with E-state index >= 15 is 0 Å². The minimum Gasteiger partial charge on any atom is -0.319 e. The standard InChI is InChI=1S/C13H8BrFN2O3/c14-10-4-2-1-3-9(10)13(18)16-12-7-8(17(19)20)5-6-11(12)15/h1-7H,(H,16,18). The molecule has 0 fully saturated rings. The Labute approximate surface area is 121 Å². The molecule has 0 aliphatic carbocycles. The molecule has 20 heavy (non-hydrogen) atoms. The third kappa shape index (κ3) is 3.00. The fourth-order valence-corrected chi connectivity index (χ4v) is 2.02. The predicted molar refractivity (Wildman–Crippen MR) is 75.1 cm³/mol. The van der Waals surface area contributed by atoms with Crippen molar-refractivity contribution in [2.75, 3.05) is 5.32 Å². The molecule has 0 saturated heterocycles. The first-order valence-corrected chi connectivity index (χ1v) is 6.28. The Morgan fingerprint density at radius 3 is 2.60 bits per heavy atom. The summed E-state index contributed by atoms with van der Waals surface area (Å²) in [6.07, 6.45) is 0. The number of carbonyl (C=O) groups excluding carboxylic acids is 1. The van der Waals surface area contributed by atoms with E-state index in [4.69, 9.17) is 0 Å². The molecule has 5 nitrogen and oxygen atoms in total. The maximum atomic E-state index is 13.6. The van der Waals surface area contributed by atoms with Gasteiger partial charge in [-0.25, -0.2) is 4.39 Å². The average molecular weight is 339 g/mol. The summed E-state index contributed by atoms with van der Waals surface area (Å²) in [4.78, 5) is 22.0. The van der Waals surface area contributed by atoms with Crippen molar-refractivity contribution in [2.45, 2.75) is 0 Å². The number of nitrogens with zero attached hydrogens (tertiary/aromatic N) is 1. The van der Waals surface area contributed by atoms with Crippen molar-refractivity contribution in [3.05, 3.63) is 68.4 Å². The Morgan fingerprint density at radius 1 is 1.25 bits per heavy atom. The van der Waals surface area contributed by atoms with Crippen LogP contribution in [0.3, 0.4) is 0 Å². The first-order valence-electron chi connectivity index (χ1n) is 5.49. The van der Waals surface area contributed by atoms with Crippen LogP contribution in [0, 0.1) is 15.9 Å². The van der Waals surface area contributed by atoms with Crippen molar-refractivity contribution >= 4 is 33.2 Å². The minimum atomic E-state index is -0.740. The first kappa shape index (κ1) is 14.1. The zero-order valence-corrected chi connectivity index (χ0v) is 11.6. The van der Waals surface area contributed by atoms with Crippen LogP contribution in [0.4, 0.5) is 15.8 Å². The number of hydrogen-bond acceptors (Lipinski definition) is 3. The summed E-state index contributed by atoms with van der Waals surface area (Å²) >= 11 is 3.20. The molecule has 0 atom stereocenters. The van der Waals surface area contributed by atoms with E-state index in [9.17, 15) is 19.3 Å². The molecule has 1 N–H and O–H groups in total. The van der Waals surface area contributed by atoms with E-state index in [2.05, 4.69) is 21.2 Å². The number of carbonyl (C=O) groups is 1. The predicted octanol–water partition coefficient (Wildman–Crippen LogP) is 3.75. The zero-order valence-electron chi connectivity index (χ0n) is 9.97. The van der Waals surface area contributed by atoms with Gasteiger partial charge in [-0.05, 0) is 34.1 Å². The lowest BCUT2D eigenvalue weighted by Crippen LogP contribution is -2.13. The van der Waals surface area contributed by atoms with Crippen LogP contribution >= 0.6 is 15.9 Å². The van der Waals surface area contributed by atoms with Crippen LogP contribution in [-0.2, 0) is 0 Å². The van der Waals surface area contributed by atoms with Crippen molar-refractivity contribution < 1.29 is 14.1 Å². The minimum absolute atomic E-state index is 0.236. The number of amides is 1. The van der Waals surface area contributed by atoms with Gasteiger partial charge in [-0.1, -0.05) is 12.1 Å². The second kappa shape index (κ2) is 5.79. The maximum absolute atomic E-state index is 13.6. The molecule has 0 saturated carbocycles. The van der Waals surface area contributed by atoms with Crippen molar-refractivity contribution in [3.63, 3.8) is 0 Å². The van der Waals surface area contributed by atoms with Gasteiger partial charge in [0.15, 0.2) is 0 Å². The van der Waals surface area contributed by atoms with E-state index in [-0.39, 0.29) is 11.4 Å². The van der Waals surface area contributed by atoms with E-state index in [0.717, 1.165) is 18.2 Å².